The van der Waals surface area contributed by atoms with E-state index in [9.17, 15) is 14.4 Å². The number of imide groups is 1. The van der Waals surface area contributed by atoms with Crippen LogP contribution in [0.2, 0.25) is 0 Å². The van der Waals surface area contributed by atoms with Crippen molar-refractivity contribution in [3.63, 3.8) is 0 Å². The highest BCUT2D eigenvalue weighted by molar-refractivity contribution is 6.02. The molecule has 3 amide bonds. The summed E-state index contributed by atoms with van der Waals surface area (Å²) in [6, 6.07) is 9.77. The zero-order chi connectivity index (χ0) is 14.5. The molecule has 102 valence electrons. The van der Waals surface area contributed by atoms with Gasteiger partial charge in [-0.1, -0.05) is 30.3 Å². The second kappa shape index (κ2) is 5.97. The lowest BCUT2D eigenvalue weighted by atomic mass is 9.98. The molecule has 0 bridgehead atoms. The molecule has 1 aliphatic rings. The first-order valence-electron chi connectivity index (χ1n) is 6.20. The van der Waals surface area contributed by atoms with E-state index in [2.05, 4.69) is 10.6 Å². The molecule has 0 saturated carbocycles. The second-order valence-corrected chi connectivity index (χ2v) is 4.49. The molecule has 2 rings (SSSR count). The van der Waals surface area contributed by atoms with E-state index >= 15 is 0 Å². The zero-order valence-corrected chi connectivity index (χ0v) is 10.6. The predicted octanol–water partition coefficient (Wildman–Crippen LogP) is 0.215. The van der Waals surface area contributed by atoms with Crippen LogP contribution in [0.25, 0.3) is 0 Å². The van der Waals surface area contributed by atoms with Crippen molar-refractivity contribution >= 4 is 17.7 Å². The monoisotopic (exact) mass is 271 g/mol. The lowest BCUT2D eigenvalue weighted by molar-refractivity contribution is -0.137. The zero-order valence-electron chi connectivity index (χ0n) is 10.6. The molecule has 6 heteroatoms. The summed E-state index contributed by atoms with van der Waals surface area (Å²) in [4.78, 5) is 34.6. The Morgan fingerprint density at radius 2 is 2.05 bits per heavy atom. The van der Waals surface area contributed by atoms with Gasteiger partial charge in [0.05, 0.1) is 6.07 Å². The van der Waals surface area contributed by atoms with Gasteiger partial charge in [-0.15, -0.1) is 0 Å². The number of nitriles is 1. The molecule has 1 aromatic carbocycles. The lowest BCUT2D eigenvalue weighted by Gasteiger charge is -2.22. The summed E-state index contributed by atoms with van der Waals surface area (Å²) >= 11 is 0. The van der Waals surface area contributed by atoms with Crippen molar-refractivity contribution in [3.05, 3.63) is 35.9 Å². The van der Waals surface area contributed by atoms with Gasteiger partial charge in [0.1, 0.15) is 12.0 Å². The Labute approximate surface area is 115 Å². The molecule has 1 saturated heterocycles. The molecule has 1 heterocycles. The third-order valence-electron chi connectivity index (χ3n) is 3.08. The molecular weight excluding hydrogens is 258 g/mol. The number of carbonyl (C=O) groups excluding carboxylic acids is 3. The molecule has 2 atom stereocenters. The number of hydrogen-bond acceptors (Lipinski definition) is 4. The van der Waals surface area contributed by atoms with Gasteiger partial charge in [0.25, 0.3) is 0 Å². The smallest absolute Gasteiger partial charge is 0.249 e. The van der Waals surface area contributed by atoms with Crippen LogP contribution in [-0.2, 0) is 14.4 Å². The highest BCUT2D eigenvalue weighted by Crippen LogP contribution is 2.15. The highest BCUT2D eigenvalue weighted by Gasteiger charge is 2.30. The van der Waals surface area contributed by atoms with Crippen LogP contribution in [0.3, 0.4) is 0 Å². The van der Waals surface area contributed by atoms with E-state index in [-0.39, 0.29) is 18.7 Å². The van der Waals surface area contributed by atoms with Gasteiger partial charge in [-0.3, -0.25) is 19.7 Å². The molecule has 0 aromatic heterocycles. The Morgan fingerprint density at radius 1 is 1.35 bits per heavy atom. The van der Waals surface area contributed by atoms with Gasteiger partial charge in [0.15, 0.2) is 0 Å². The number of hydrogen-bond donors (Lipinski definition) is 2. The lowest BCUT2D eigenvalue weighted by Crippen LogP contribution is -2.53. The van der Waals surface area contributed by atoms with Crippen LogP contribution in [0.1, 0.15) is 24.3 Å². The first kappa shape index (κ1) is 13.7. The molecular formula is C14H13N3O3. The van der Waals surface area contributed by atoms with E-state index in [0.717, 1.165) is 0 Å². The SMILES string of the molecule is N#CC(C(=O)NC1CCC(=O)NC1=O)c1ccccc1. The van der Waals surface area contributed by atoms with E-state index in [1.807, 2.05) is 6.07 Å². The van der Waals surface area contributed by atoms with E-state index < -0.39 is 23.8 Å². The quantitative estimate of drug-likeness (QED) is 0.768. The molecule has 20 heavy (non-hydrogen) atoms. The van der Waals surface area contributed by atoms with E-state index in [1.54, 1.807) is 30.3 Å². The molecule has 1 fully saturated rings. The predicted molar refractivity (Wildman–Crippen MR) is 69.1 cm³/mol. The van der Waals surface area contributed by atoms with Crippen LogP contribution < -0.4 is 10.6 Å². The van der Waals surface area contributed by atoms with Gasteiger partial charge in [-0.05, 0) is 12.0 Å². The summed E-state index contributed by atoms with van der Waals surface area (Å²) < 4.78 is 0. The Kier molecular flexibility index (Phi) is 4.11. The van der Waals surface area contributed by atoms with Crippen molar-refractivity contribution in [2.24, 2.45) is 0 Å². The number of nitrogens with one attached hydrogen (secondary N) is 2. The summed E-state index contributed by atoms with van der Waals surface area (Å²) in [5.41, 5.74) is 0.569. The highest BCUT2D eigenvalue weighted by atomic mass is 16.2. The van der Waals surface area contributed by atoms with Gasteiger partial charge in [0.2, 0.25) is 17.7 Å². The molecule has 2 N–H and O–H groups in total. The fraction of sp³-hybridized carbons (Fsp3) is 0.286. The van der Waals surface area contributed by atoms with Crippen LogP contribution in [0, 0.1) is 11.3 Å². The van der Waals surface area contributed by atoms with Gasteiger partial charge in [-0.25, -0.2) is 0 Å². The van der Waals surface area contributed by atoms with Crippen molar-refractivity contribution in [2.75, 3.05) is 0 Å². The first-order valence-corrected chi connectivity index (χ1v) is 6.20. The maximum atomic E-state index is 12.1. The van der Waals surface area contributed by atoms with Crippen LogP contribution in [0.15, 0.2) is 30.3 Å². The Morgan fingerprint density at radius 3 is 2.65 bits per heavy atom. The average Bonchev–Trinajstić information content (AvgIpc) is 2.44. The number of rotatable bonds is 3. The van der Waals surface area contributed by atoms with Gasteiger partial charge < -0.3 is 5.32 Å². The summed E-state index contributed by atoms with van der Waals surface area (Å²) in [5.74, 6) is -2.38. The summed E-state index contributed by atoms with van der Waals surface area (Å²) in [7, 11) is 0. The minimum absolute atomic E-state index is 0.180. The number of carbonyl (C=O) groups is 3. The van der Waals surface area contributed by atoms with Crippen molar-refractivity contribution in [1.29, 1.82) is 5.26 Å². The topological polar surface area (TPSA) is 99.1 Å². The van der Waals surface area contributed by atoms with E-state index in [4.69, 9.17) is 5.26 Å². The van der Waals surface area contributed by atoms with Crippen molar-refractivity contribution in [2.45, 2.75) is 24.8 Å². The van der Waals surface area contributed by atoms with Gasteiger partial charge in [0, 0.05) is 6.42 Å². The molecule has 2 unspecified atom stereocenters. The maximum absolute atomic E-state index is 12.1. The Bertz CT molecular complexity index is 577. The van der Waals surface area contributed by atoms with E-state index in [0.29, 0.717) is 5.56 Å². The fourth-order valence-corrected chi connectivity index (χ4v) is 2.02. The van der Waals surface area contributed by atoms with Crippen molar-refractivity contribution in [3.8, 4) is 6.07 Å². The normalized spacial score (nSPS) is 19.6. The summed E-state index contributed by atoms with van der Waals surface area (Å²) in [6.07, 6.45) is 0.433. The van der Waals surface area contributed by atoms with E-state index in [1.165, 1.54) is 0 Å². The number of amides is 3. The van der Waals surface area contributed by atoms with Gasteiger partial charge in [-0.2, -0.15) is 5.26 Å². The minimum atomic E-state index is -0.971. The van der Waals surface area contributed by atoms with Crippen LogP contribution in [-0.4, -0.2) is 23.8 Å². The summed E-state index contributed by atoms with van der Waals surface area (Å²) in [5, 5.41) is 13.8. The van der Waals surface area contributed by atoms with Crippen molar-refractivity contribution < 1.29 is 14.4 Å². The van der Waals surface area contributed by atoms with Crippen LogP contribution >= 0.6 is 0 Å². The third kappa shape index (κ3) is 3.01. The minimum Gasteiger partial charge on any atom is -0.343 e. The number of nitrogens with zero attached hydrogens (tertiary/aromatic N) is 1. The molecule has 1 aromatic rings. The Hall–Kier alpha value is -2.68. The number of benzene rings is 1. The standard InChI is InChI=1S/C14H13N3O3/c15-8-10(9-4-2-1-3-5-9)13(19)16-11-6-7-12(18)17-14(11)20/h1-5,10-11H,6-7H2,(H,16,19)(H,17,18,20). The van der Waals surface area contributed by atoms with Gasteiger partial charge >= 0.3 is 0 Å². The Balaban J connectivity index is 2.06. The molecule has 6 nitrogen and oxygen atoms in total. The van der Waals surface area contributed by atoms with Crippen molar-refractivity contribution in [1.82, 2.24) is 10.6 Å². The fourth-order valence-electron chi connectivity index (χ4n) is 2.02. The largest absolute Gasteiger partial charge is 0.343 e. The maximum Gasteiger partial charge on any atom is 0.249 e. The average molecular weight is 271 g/mol. The second-order valence-electron chi connectivity index (χ2n) is 4.49. The first-order chi connectivity index (χ1) is 9.61. The molecule has 0 spiro atoms. The molecule has 0 radical (unpaired) electrons. The molecule has 0 aliphatic carbocycles. The third-order valence-corrected chi connectivity index (χ3v) is 3.08. The number of piperidine rings is 1. The summed E-state index contributed by atoms with van der Waals surface area (Å²) in [6.45, 7) is 0. The van der Waals surface area contributed by atoms with Crippen LogP contribution in [0.4, 0.5) is 0 Å². The molecule has 1 aliphatic heterocycles. The van der Waals surface area contributed by atoms with Crippen LogP contribution in [0.5, 0.6) is 0 Å².